The minimum Gasteiger partial charge on any atom is -0.383 e. The number of sulfonamides is 1. The molecular formula is C11H19N3O2S. The molecule has 0 spiro atoms. The highest BCUT2D eigenvalue weighted by Crippen LogP contribution is 2.19. The van der Waals surface area contributed by atoms with E-state index < -0.39 is 10.0 Å². The third kappa shape index (κ3) is 3.41. The molecule has 0 aliphatic rings. The van der Waals surface area contributed by atoms with Crippen molar-refractivity contribution in [1.29, 1.82) is 0 Å². The number of pyridine rings is 1. The third-order valence-electron chi connectivity index (χ3n) is 2.51. The molecule has 17 heavy (non-hydrogen) atoms. The topological polar surface area (TPSA) is 76.3 Å². The number of rotatable bonds is 5. The number of hydrogen-bond acceptors (Lipinski definition) is 4. The molecule has 6 heteroatoms. The fourth-order valence-corrected chi connectivity index (χ4v) is 2.60. The summed E-state index contributed by atoms with van der Waals surface area (Å²) in [4.78, 5) is 3.87. The van der Waals surface area contributed by atoms with Crippen molar-refractivity contribution in [3.63, 3.8) is 0 Å². The SMILES string of the molecule is CC(C)CCN(C)S(=O)(=O)c1cccnc1N. The lowest BCUT2D eigenvalue weighted by molar-refractivity contribution is 0.428. The number of nitrogens with zero attached hydrogens (tertiary/aromatic N) is 2. The molecule has 0 saturated heterocycles. The normalized spacial score (nSPS) is 12.3. The van der Waals surface area contributed by atoms with Gasteiger partial charge in [0.05, 0.1) is 0 Å². The first kappa shape index (κ1) is 13.9. The van der Waals surface area contributed by atoms with E-state index in [-0.39, 0.29) is 10.7 Å². The second-order valence-electron chi connectivity index (χ2n) is 4.40. The number of nitrogen functional groups attached to an aromatic ring is 1. The summed E-state index contributed by atoms with van der Waals surface area (Å²) in [5, 5.41) is 0. The third-order valence-corrected chi connectivity index (χ3v) is 4.41. The van der Waals surface area contributed by atoms with Gasteiger partial charge in [0.1, 0.15) is 10.7 Å². The molecule has 2 N–H and O–H groups in total. The first-order valence-corrected chi connectivity index (χ1v) is 6.96. The molecule has 0 radical (unpaired) electrons. The van der Waals surface area contributed by atoms with Gasteiger partial charge < -0.3 is 5.73 Å². The van der Waals surface area contributed by atoms with Crippen molar-refractivity contribution in [2.24, 2.45) is 5.92 Å². The highest BCUT2D eigenvalue weighted by Gasteiger charge is 2.23. The van der Waals surface area contributed by atoms with Gasteiger partial charge in [0, 0.05) is 19.8 Å². The highest BCUT2D eigenvalue weighted by molar-refractivity contribution is 7.89. The summed E-state index contributed by atoms with van der Waals surface area (Å²) < 4.78 is 25.7. The molecular weight excluding hydrogens is 238 g/mol. The van der Waals surface area contributed by atoms with E-state index in [1.807, 2.05) is 0 Å². The largest absolute Gasteiger partial charge is 0.383 e. The van der Waals surface area contributed by atoms with Crippen molar-refractivity contribution < 1.29 is 8.42 Å². The molecule has 1 heterocycles. The molecule has 0 atom stereocenters. The predicted octanol–water partition coefficient (Wildman–Crippen LogP) is 1.33. The molecule has 0 aliphatic carbocycles. The first-order valence-electron chi connectivity index (χ1n) is 5.52. The fourth-order valence-electron chi connectivity index (χ4n) is 1.35. The van der Waals surface area contributed by atoms with Crippen LogP contribution in [0.1, 0.15) is 20.3 Å². The zero-order valence-electron chi connectivity index (χ0n) is 10.4. The summed E-state index contributed by atoms with van der Waals surface area (Å²) in [6, 6.07) is 3.04. The minimum absolute atomic E-state index is 0.0453. The Morgan fingerprint density at radius 2 is 2.12 bits per heavy atom. The van der Waals surface area contributed by atoms with E-state index in [1.165, 1.54) is 16.6 Å². The summed E-state index contributed by atoms with van der Waals surface area (Å²) in [5.74, 6) is 0.503. The fraction of sp³-hybridized carbons (Fsp3) is 0.545. The number of aromatic nitrogens is 1. The molecule has 0 aliphatic heterocycles. The first-order chi connectivity index (χ1) is 7.85. The van der Waals surface area contributed by atoms with Crippen LogP contribution in [0.25, 0.3) is 0 Å². The molecule has 96 valence electrons. The van der Waals surface area contributed by atoms with Crippen molar-refractivity contribution in [3.05, 3.63) is 18.3 Å². The summed E-state index contributed by atoms with van der Waals surface area (Å²) in [6.07, 6.45) is 2.29. The standard InChI is InChI=1S/C11H19N3O2S/c1-9(2)6-8-14(3)17(15,16)10-5-4-7-13-11(10)12/h4-5,7,9H,6,8H2,1-3H3,(H2,12,13). The van der Waals surface area contributed by atoms with E-state index in [0.29, 0.717) is 12.5 Å². The van der Waals surface area contributed by atoms with Crippen LogP contribution in [0.3, 0.4) is 0 Å². The molecule has 0 unspecified atom stereocenters. The molecule has 1 rings (SSSR count). The lowest BCUT2D eigenvalue weighted by atomic mass is 10.1. The zero-order chi connectivity index (χ0) is 13.1. The quantitative estimate of drug-likeness (QED) is 0.863. The van der Waals surface area contributed by atoms with Crippen LogP contribution in [-0.4, -0.2) is 31.3 Å². The Labute approximate surface area is 103 Å². The lowest BCUT2D eigenvalue weighted by Crippen LogP contribution is -2.29. The molecule has 0 aromatic carbocycles. The Kier molecular flexibility index (Phi) is 4.47. The van der Waals surface area contributed by atoms with Crippen LogP contribution in [0.5, 0.6) is 0 Å². The van der Waals surface area contributed by atoms with E-state index in [9.17, 15) is 8.42 Å². The lowest BCUT2D eigenvalue weighted by Gasteiger charge is -2.18. The van der Waals surface area contributed by atoms with E-state index >= 15 is 0 Å². The van der Waals surface area contributed by atoms with Gasteiger partial charge in [-0.25, -0.2) is 17.7 Å². The van der Waals surface area contributed by atoms with E-state index in [2.05, 4.69) is 18.8 Å². The smallest absolute Gasteiger partial charge is 0.246 e. The molecule has 0 fully saturated rings. The molecule has 0 amide bonds. The highest BCUT2D eigenvalue weighted by atomic mass is 32.2. The van der Waals surface area contributed by atoms with Crippen molar-refractivity contribution >= 4 is 15.8 Å². The van der Waals surface area contributed by atoms with E-state index in [4.69, 9.17) is 5.73 Å². The van der Waals surface area contributed by atoms with Gasteiger partial charge in [-0.1, -0.05) is 13.8 Å². The second-order valence-corrected chi connectivity index (χ2v) is 6.41. The summed E-state index contributed by atoms with van der Waals surface area (Å²) in [7, 11) is -1.96. The van der Waals surface area contributed by atoms with Crippen LogP contribution in [0.4, 0.5) is 5.82 Å². The number of hydrogen-bond donors (Lipinski definition) is 1. The molecule has 0 saturated carbocycles. The van der Waals surface area contributed by atoms with E-state index in [0.717, 1.165) is 6.42 Å². The van der Waals surface area contributed by atoms with Crippen LogP contribution in [0.2, 0.25) is 0 Å². The van der Waals surface area contributed by atoms with Crippen LogP contribution < -0.4 is 5.73 Å². The zero-order valence-corrected chi connectivity index (χ0v) is 11.2. The monoisotopic (exact) mass is 257 g/mol. The van der Waals surface area contributed by atoms with E-state index in [1.54, 1.807) is 13.1 Å². The Hall–Kier alpha value is -1.14. The Morgan fingerprint density at radius 1 is 1.47 bits per heavy atom. The molecule has 5 nitrogen and oxygen atoms in total. The Balaban J connectivity index is 2.92. The average Bonchev–Trinajstić information content (AvgIpc) is 2.26. The summed E-state index contributed by atoms with van der Waals surface area (Å²) in [5.41, 5.74) is 5.58. The van der Waals surface area contributed by atoms with Crippen LogP contribution in [0.15, 0.2) is 23.2 Å². The molecule has 0 bridgehead atoms. The van der Waals surface area contributed by atoms with Gasteiger partial charge in [0.25, 0.3) is 0 Å². The minimum atomic E-state index is -3.52. The van der Waals surface area contributed by atoms with Gasteiger partial charge in [-0.15, -0.1) is 0 Å². The van der Waals surface area contributed by atoms with Gasteiger partial charge >= 0.3 is 0 Å². The maximum Gasteiger partial charge on any atom is 0.246 e. The van der Waals surface area contributed by atoms with Crippen LogP contribution in [0, 0.1) is 5.92 Å². The van der Waals surface area contributed by atoms with Crippen LogP contribution >= 0.6 is 0 Å². The second kappa shape index (κ2) is 5.46. The molecule has 1 aromatic heterocycles. The summed E-state index contributed by atoms with van der Waals surface area (Å²) in [6.45, 7) is 4.59. The average molecular weight is 257 g/mol. The molecule has 1 aromatic rings. The van der Waals surface area contributed by atoms with Crippen LogP contribution in [-0.2, 0) is 10.0 Å². The van der Waals surface area contributed by atoms with Crippen molar-refractivity contribution in [2.75, 3.05) is 19.3 Å². The number of nitrogens with two attached hydrogens (primary N) is 1. The van der Waals surface area contributed by atoms with Gasteiger partial charge in [0.15, 0.2) is 0 Å². The van der Waals surface area contributed by atoms with Gasteiger partial charge in [-0.3, -0.25) is 0 Å². The van der Waals surface area contributed by atoms with Gasteiger partial charge in [-0.05, 0) is 24.5 Å². The maximum absolute atomic E-state index is 12.2. The predicted molar refractivity (Wildman–Crippen MR) is 67.9 cm³/mol. The summed E-state index contributed by atoms with van der Waals surface area (Å²) >= 11 is 0. The van der Waals surface area contributed by atoms with Gasteiger partial charge in [0.2, 0.25) is 10.0 Å². The Morgan fingerprint density at radius 3 is 2.65 bits per heavy atom. The van der Waals surface area contributed by atoms with Gasteiger partial charge in [-0.2, -0.15) is 0 Å². The van der Waals surface area contributed by atoms with Crippen molar-refractivity contribution in [2.45, 2.75) is 25.2 Å². The van der Waals surface area contributed by atoms with Crippen molar-refractivity contribution in [3.8, 4) is 0 Å². The van der Waals surface area contributed by atoms with Crippen molar-refractivity contribution in [1.82, 2.24) is 9.29 Å². The number of anilines is 1. The Bertz CT molecular complexity index is 471. The maximum atomic E-state index is 12.2.